The number of para-hydroxylation sites is 1. The van der Waals surface area contributed by atoms with E-state index in [-0.39, 0.29) is 37.6 Å². The molecule has 2 aromatic rings. The highest BCUT2D eigenvalue weighted by Gasteiger charge is 2.29. The highest BCUT2D eigenvalue weighted by Crippen LogP contribution is 2.23. The number of rotatable bonds is 4. The van der Waals surface area contributed by atoms with E-state index in [1.165, 1.54) is 24.3 Å². The van der Waals surface area contributed by atoms with Gasteiger partial charge in [-0.15, -0.1) is 0 Å². The van der Waals surface area contributed by atoms with Crippen LogP contribution in [0.2, 0.25) is 0 Å². The molecule has 3 rings (SSSR count). The summed E-state index contributed by atoms with van der Waals surface area (Å²) in [5.74, 6) is -2.34. The van der Waals surface area contributed by atoms with Crippen molar-refractivity contribution < 1.29 is 26.7 Å². The van der Waals surface area contributed by atoms with Gasteiger partial charge in [-0.05, 0) is 30.3 Å². The van der Waals surface area contributed by atoms with Crippen LogP contribution in [0.3, 0.4) is 0 Å². The molecule has 0 aromatic heterocycles. The summed E-state index contributed by atoms with van der Waals surface area (Å²) >= 11 is 0. The molecule has 0 aliphatic carbocycles. The van der Waals surface area contributed by atoms with Gasteiger partial charge in [-0.3, -0.25) is 4.79 Å². The number of anilines is 1. The van der Waals surface area contributed by atoms with E-state index in [1.807, 2.05) is 0 Å². The molecule has 0 saturated carbocycles. The molecule has 1 saturated heterocycles. The van der Waals surface area contributed by atoms with E-state index >= 15 is 0 Å². The molecular formula is C17H16F2N2O4S. The second-order valence-electron chi connectivity index (χ2n) is 5.60. The number of benzene rings is 2. The molecule has 138 valence electrons. The maximum absolute atomic E-state index is 14.1. The number of sulfonamides is 1. The Morgan fingerprint density at radius 3 is 2.42 bits per heavy atom. The van der Waals surface area contributed by atoms with Crippen molar-refractivity contribution in [2.24, 2.45) is 0 Å². The number of hydrogen-bond donors (Lipinski definition) is 1. The van der Waals surface area contributed by atoms with Crippen molar-refractivity contribution in [3.05, 3.63) is 59.7 Å². The SMILES string of the molecule is O=C(Nc1ccccc1F)c1ccc(F)c(S(=O)(=O)N2CCOCC2)c1. The van der Waals surface area contributed by atoms with Gasteiger partial charge in [0.2, 0.25) is 10.0 Å². The minimum Gasteiger partial charge on any atom is -0.379 e. The molecule has 1 amide bonds. The third kappa shape index (κ3) is 3.74. The number of nitrogens with zero attached hydrogens (tertiary/aromatic N) is 1. The predicted octanol–water partition coefficient (Wildman–Crippen LogP) is 2.24. The van der Waals surface area contributed by atoms with Crippen molar-refractivity contribution >= 4 is 21.6 Å². The van der Waals surface area contributed by atoms with Crippen LogP contribution >= 0.6 is 0 Å². The number of carbonyl (C=O) groups excluding carboxylic acids is 1. The number of morpholine rings is 1. The van der Waals surface area contributed by atoms with E-state index in [4.69, 9.17) is 4.74 Å². The Morgan fingerprint density at radius 1 is 1.04 bits per heavy atom. The predicted molar refractivity (Wildman–Crippen MR) is 90.3 cm³/mol. The van der Waals surface area contributed by atoms with Crippen LogP contribution in [0.1, 0.15) is 10.4 Å². The quantitative estimate of drug-likeness (QED) is 0.880. The van der Waals surface area contributed by atoms with Crippen molar-refractivity contribution in [1.29, 1.82) is 0 Å². The largest absolute Gasteiger partial charge is 0.379 e. The maximum atomic E-state index is 14.1. The van der Waals surface area contributed by atoms with Crippen molar-refractivity contribution in [2.75, 3.05) is 31.6 Å². The van der Waals surface area contributed by atoms with Crippen molar-refractivity contribution in [3.63, 3.8) is 0 Å². The molecule has 0 bridgehead atoms. The zero-order chi connectivity index (χ0) is 18.7. The van der Waals surface area contributed by atoms with Gasteiger partial charge in [0.15, 0.2) is 0 Å². The Hall–Kier alpha value is -2.36. The van der Waals surface area contributed by atoms with Crippen LogP contribution in [0.15, 0.2) is 47.4 Å². The summed E-state index contributed by atoms with van der Waals surface area (Å²) in [6.45, 7) is 0.642. The van der Waals surface area contributed by atoms with E-state index in [0.717, 1.165) is 22.5 Å². The van der Waals surface area contributed by atoms with Crippen LogP contribution < -0.4 is 5.32 Å². The van der Waals surface area contributed by atoms with Crippen molar-refractivity contribution in [2.45, 2.75) is 4.90 Å². The number of ether oxygens (including phenoxy) is 1. The lowest BCUT2D eigenvalue weighted by Crippen LogP contribution is -2.41. The Bertz CT molecular complexity index is 928. The standard InChI is InChI=1S/C17H16F2N2O4S/c18-13-3-1-2-4-15(13)20-17(22)12-5-6-14(19)16(11-12)26(23,24)21-7-9-25-10-8-21/h1-6,11H,7-10H2,(H,20,22). The maximum Gasteiger partial charge on any atom is 0.255 e. The third-order valence-corrected chi connectivity index (χ3v) is 5.82. The fourth-order valence-electron chi connectivity index (χ4n) is 2.53. The Morgan fingerprint density at radius 2 is 1.73 bits per heavy atom. The molecule has 1 aliphatic heterocycles. The van der Waals surface area contributed by atoms with E-state index in [1.54, 1.807) is 0 Å². The summed E-state index contributed by atoms with van der Waals surface area (Å²) in [5, 5.41) is 2.34. The van der Waals surface area contributed by atoms with Crippen LogP contribution in [0.4, 0.5) is 14.5 Å². The first-order valence-electron chi connectivity index (χ1n) is 7.83. The van der Waals surface area contributed by atoms with Crippen molar-refractivity contribution in [3.8, 4) is 0 Å². The van der Waals surface area contributed by atoms with Gasteiger partial charge in [-0.2, -0.15) is 4.31 Å². The number of amides is 1. The number of halogens is 2. The minimum absolute atomic E-state index is 0.0561. The van der Waals surface area contributed by atoms with Gasteiger partial charge in [0.05, 0.1) is 18.9 Å². The Kier molecular flexibility index (Phi) is 5.30. The van der Waals surface area contributed by atoms with Gasteiger partial charge in [0.25, 0.3) is 5.91 Å². The van der Waals surface area contributed by atoms with Gasteiger partial charge >= 0.3 is 0 Å². The van der Waals surface area contributed by atoms with Crippen molar-refractivity contribution in [1.82, 2.24) is 4.31 Å². The smallest absolute Gasteiger partial charge is 0.255 e. The molecule has 9 heteroatoms. The first-order valence-corrected chi connectivity index (χ1v) is 9.27. The lowest BCUT2D eigenvalue weighted by Gasteiger charge is -2.26. The lowest BCUT2D eigenvalue weighted by atomic mass is 10.2. The van der Waals surface area contributed by atoms with Crippen LogP contribution in [0, 0.1) is 11.6 Å². The highest BCUT2D eigenvalue weighted by molar-refractivity contribution is 7.89. The zero-order valence-corrected chi connectivity index (χ0v) is 14.4. The number of hydrogen-bond acceptors (Lipinski definition) is 4. The average Bonchev–Trinajstić information content (AvgIpc) is 2.64. The molecule has 1 heterocycles. The van der Waals surface area contributed by atoms with Crippen LogP contribution in [-0.4, -0.2) is 44.9 Å². The summed E-state index contributed by atoms with van der Waals surface area (Å²) in [4.78, 5) is 11.7. The molecule has 26 heavy (non-hydrogen) atoms. The average molecular weight is 382 g/mol. The fraction of sp³-hybridized carbons (Fsp3) is 0.235. The topological polar surface area (TPSA) is 75.7 Å². The Labute approximate surface area is 149 Å². The summed E-state index contributed by atoms with van der Waals surface area (Å²) in [6, 6.07) is 8.55. The molecule has 0 unspecified atom stereocenters. The zero-order valence-electron chi connectivity index (χ0n) is 13.6. The summed E-state index contributed by atoms with van der Waals surface area (Å²) in [6.07, 6.45) is 0. The second-order valence-corrected chi connectivity index (χ2v) is 7.50. The summed E-state index contributed by atoms with van der Waals surface area (Å²) < 4.78 is 59.3. The van der Waals surface area contributed by atoms with Crippen LogP contribution in [0.25, 0.3) is 0 Å². The van der Waals surface area contributed by atoms with Crippen LogP contribution in [-0.2, 0) is 14.8 Å². The minimum atomic E-state index is -4.11. The monoisotopic (exact) mass is 382 g/mol. The molecule has 6 nitrogen and oxygen atoms in total. The van der Waals surface area contributed by atoms with E-state index in [0.29, 0.717) is 0 Å². The Balaban J connectivity index is 1.90. The van der Waals surface area contributed by atoms with Gasteiger partial charge in [0, 0.05) is 18.7 Å². The molecule has 0 atom stereocenters. The molecule has 0 radical (unpaired) electrons. The van der Waals surface area contributed by atoms with Gasteiger partial charge in [-0.1, -0.05) is 12.1 Å². The van der Waals surface area contributed by atoms with Crippen LogP contribution in [0.5, 0.6) is 0 Å². The highest BCUT2D eigenvalue weighted by atomic mass is 32.2. The molecule has 1 aliphatic rings. The van der Waals surface area contributed by atoms with E-state index in [2.05, 4.69) is 5.32 Å². The van der Waals surface area contributed by atoms with E-state index < -0.39 is 32.5 Å². The molecule has 1 N–H and O–H groups in total. The first-order chi connectivity index (χ1) is 12.4. The lowest BCUT2D eigenvalue weighted by molar-refractivity contribution is 0.0729. The third-order valence-electron chi connectivity index (χ3n) is 3.90. The summed E-state index contributed by atoms with van der Waals surface area (Å²) in [5.41, 5.74) is -0.152. The summed E-state index contributed by atoms with van der Waals surface area (Å²) in [7, 11) is -4.11. The fourth-order valence-corrected chi connectivity index (χ4v) is 4.02. The van der Waals surface area contributed by atoms with E-state index in [9.17, 15) is 22.0 Å². The van der Waals surface area contributed by atoms with Gasteiger partial charge in [-0.25, -0.2) is 17.2 Å². The number of nitrogens with one attached hydrogen (secondary N) is 1. The van der Waals surface area contributed by atoms with Gasteiger partial charge in [0.1, 0.15) is 16.5 Å². The van der Waals surface area contributed by atoms with Gasteiger partial charge < -0.3 is 10.1 Å². The first kappa shape index (κ1) is 18.4. The molecular weight excluding hydrogens is 366 g/mol. The second kappa shape index (κ2) is 7.48. The molecule has 2 aromatic carbocycles. The number of carbonyl (C=O) groups is 1. The molecule has 0 spiro atoms. The normalized spacial score (nSPS) is 15.6. The molecule has 1 fully saturated rings.